The van der Waals surface area contributed by atoms with Gasteiger partial charge in [0.15, 0.2) is 5.78 Å². The Labute approximate surface area is 255 Å². The quantitative estimate of drug-likeness (QED) is 0.143. The summed E-state index contributed by atoms with van der Waals surface area (Å²) >= 11 is 3.49. The molecule has 0 bridgehead atoms. The second-order valence-electron chi connectivity index (χ2n) is 10.5. The number of carboxylic acids is 1. The first-order chi connectivity index (χ1) is 20.8. The van der Waals surface area contributed by atoms with Crippen LogP contribution in [0.3, 0.4) is 0 Å². The Bertz CT molecular complexity index is 1840. The summed E-state index contributed by atoms with van der Waals surface area (Å²) in [5.74, 6) is 0.202. The van der Waals surface area contributed by atoms with Crippen LogP contribution in [0.5, 0.6) is 0 Å². The van der Waals surface area contributed by atoms with Gasteiger partial charge in [0.2, 0.25) is 5.95 Å². The Morgan fingerprint density at radius 2 is 1.86 bits per heavy atom. The van der Waals surface area contributed by atoms with Crippen LogP contribution in [0.25, 0.3) is 39.1 Å². The number of piperidine rings is 1. The van der Waals surface area contributed by atoms with E-state index in [1.807, 2.05) is 55.5 Å². The number of aliphatic carboxylic acids is 1. The van der Waals surface area contributed by atoms with E-state index in [2.05, 4.69) is 20.8 Å². The second-order valence-corrected chi connectivity index (χ2v) is 11.4. The van der Waals surface area contributed by atoms with Gasteiger partial charge in [-0.05, 0) is 68.3 Å². The van der Waals surface area contributed by atoms with Crippen molar-refractivity contribution in [3.63, 3.8) is 0 Å². The predicted octanol–water partition coefficient (Wildman–Crippen LogP) is 6.42. The zero-order chi connectivity index (χ0) is 30.1. The maximum Gasteiger partial charge on any atom is 0.309 e. The van der Waals surface area contributed by atoms with Crippen molar-refractivity contribution < 1.29 is 28.6 Å². The molecule has 0 unspecified atom stereocenters. The molecule has 11 heteroatoms. The van der Waals surface area contributed by atoms with E-state index < -0.39 is 5.97 Å². The van der Waals surface area contributed by atoms with E-state index in [0.29, 0.717) is 60.8 Å². The summed E-state index contributed by atoms with van der Waals surface area (Å²) in [6, 6.07) is 15.2. The monoisotopic (exact) mass is 644 g/mol. The number of nitrogens with zero attached hydrogens (tertiary/aromatic N) is 4. The third-order valence-electron chi connectivity index (χ3n) is 7.73. The molecule has 43 heavy (non-hydrogen) atoms. The van der Waals surface area contributed by atoms with E-state index >= 15 is 0 Å². The minimum Gasteiger partial charge on any atom is -0.481 e. The van der Waals surface area contributed by atoms with Gasteiger partial charge < -0.3 is 19.2 Å². The first kappa shape index (κ1) is 28.6. The lowest BCUT2D eigenvalue weighted by molar-refractivity contribution is -0.148. The lowest BCUT2D eigenvalue weighted by Crippen LogP contribution is -2.37. The van der Waals surface area contributed by atoms with Gasteiger partial charge in [0.25, 0.3) is 0 Å². The van der Waals surface area contributed by atoms with E-state index in [0.717, 1.165) is 26.7 Å². The molecule has 0 amide bonds. The zero-order valence-electron chi connectivity index (χ0n) is 23.5. The summed E-state index contributed by atoms with van der Waals surface area (Å²) in [6.45, 7) is 3.39. The topological polar surface area (TPSA) is 128 Å². The highest BCUT2D eigenvalue weighted by atomic mass is 79.9. The molecule has 1 aliphatic rings. The Morgan fingerprint density at radius 1 is 1.05 bits per heavy atom. The van der Waals surface area contributed by atoms with Crippen molar-refractivity contribution in [3.8, 4) is 17.3 Å². The molecule has 2 aromatic carbocycles. The van der Waals surface area contributed by atoms with Crippen LogP contribution >= 0.6 is 15.9 Å². The molecule has 0 radical (unpaired) electrons. The highest BCUT2D eigenvalue weighted by Crippen LogP contribution is 2.34. The minimum atomic E-state index is -1.03. The van der Waals surface area contributed by atoms with Crippen LogP contribution in [-0.2, 0) is 14.3 Å². The number of fused-ring (bicyclic) bond motifs is 2. The molecular formula is C32H29BrN4O6. The Kier molecular flexibility index (Phi) is 7.98. The van der Waals surface area contributed by atoms with Gasteiger partial charge in [-0.3, -0.25) is 19.0 Å². The van der Waals surface area contributed by atoms with E-state index in [1.165, 1.54) is 0 Å². The number of Topliss-reactive ketones (excluding diaryl/α,β-unsaturated/α-hetero) is 1. The molecule has 1 N–H and O–H groups in total. The smallest absolute Gasteiger partial charge is 0.309 e. The molecular weight excluding hydrogens is 616 g/mol. The van der Waals surface area contributed by atoms with Crippen molar-refractivity contribution in [1.82, 2.24) is 14.5 Å². The SMILES string of the molecule is CCOC(=O)C1CCN(c2nc(-n3cc(C(=O)CCC(=O)O)c4cc(Br)ccc43)nc3ccc(-c4ccco4)cc23)CC1. The third kappa shape index (κ3) is 5.77. The number of carbonyl (C=O) groups excluding carboxylic acids is 2. The van der Waals surface area contributed by atoms with Crippen molar-refractivity contribution in [1.29, 1.82) is 0 Å². The molecule has 0 spiro atoms. The van der Waals surface area contributed by atoms with Crippen LogP contribution in [0.4, 0.5) is 5.82 Å². The standard InChI is InChI=1S/C32H29BrN4O6/c1-2-42-31(41)19-11-13-36(14-12-19)30-23-16-20(28-4-3-15-43-28)5-7-25(23)34-32(35-30)37-18-24(27(38)9-10-29(39)40)22-17-21(33)6-8-26(22)37/h3-8,15-19H,2,9-14H2,1H3,(H,39,40). The molecule has 5 aromatic rings. The number of anilines is 1. The number of carbonyl (C=O) groups is 3. The average molecular weight is 646 g/mol. The van der Waals surface area contributed by atoms with Gasteiger partial charge in [-0.25, -0.2) is 4.98 Å². The fraction of sp³-hybridized carbons (Fsp3) is 0.281. The van der Waals surface area contributed by atoms with Crippen molar-refractivity contribution in [2.45, 2.75) is 32.6 Å². The normalized spacial score (nSPS) is 14.0. The van der Waals surface area contributed by atoms with E-state index in [9.17, 15) is 14.4 Å². The van der Waals surface area contributed by atoms with Crippen LogP contribution in [0.15, 0.2) is 69.9 Å². The van der Waals surface area contributed by atoms with Crippen molar-refractivity contribution in [3.05, 3.63) is 71.0 Å². The van der Waals surface area contributed by atoms with Crippen molar-refractivity contribution in [2.24, 2.45) is 5.92 Å². The van der Waals surface area contributed by atoms with Crippen LogP contribution < -0.4 is 4.90 Å². The Hall–Kier alpha value is -4.51. The molecule has 220 valence electrons. The molecule has 0 aliphatic carbocycles. The largest absolute Gasteiger partial charge is 0.481 e. The summed E-state index contributed by atoms with van der Waals surface area (Å²) in [4.78, 5) is 48.8. The molecule has 1 saturated heterocycles. The Balaban J connectivity index is 1.47. The van der Waals surface area contributed by atoms with E-state index in [-0.39, 0.29) is 30.5 Å². The lowest BCUT2D eigenvalue weighted by Gasteiger charge is -2.32. The number of carboxylic acid groups (broad SMARTS) is 1. The maximum absolute atomic E-state index is 13.1. The number of aromatic nitrogens is 3. The molecule has 3 aromatic heterocycles. The van der Waals surface area contributed by atoms with Gasteiger partial charge in [-0.15, -0.1) is 0 Å². The molecule has 1 aliphatic heterocycles. The van der Waals surface area contributed by atoms with Crippen LogP contribution in [0.2, 0.25) is 0 Å². The van der Waals surface area contributed by atoms with Gasteiger partial charge in [-0.2, -0.15) is 4.98 Å². The third-order valence-corrected chi connectivity index (χ3v) is 8.23. The number of esters is 1. The summed E-state index contributed by atoms with van der Waals surface area (Å²) in [5.41, 5.74) is 2.73. The number of hydrogen-bond donors (Lipinski definition) is 1. The minimum absolute atomic E-state index is 0.115. The summed E-state index contributed by atoms with van der Waals surface area (Å²) in [7, 11) is 0. The summed E-state index contributed by atoms with van der Waals surface area (Å²) in [5, 5.41) is 10.7. The van der Waals surface area contributed by atoms with Crippen molar-refractivity contribution in [2.75, 3.05) is 24.6 Å². The first-order valence-corrected chi connectivity index (χ1v) is 14.9. The fourth-order valence-electron chi connectivity index (χ4n) is 5.58. The number of hydrogen-bond acceptors (Lipinski definition) is 8. The predicted molar refractivity (Wildman–Crippen MR) is 165 cm³/mol. The van der Waals surface area contributed by atoms with Gasteiger partial charge in [0.05, 0.1) is 36.2 Å². The molecule has 0 saturated carbocycles. The number of furan rings is 1. The van der Waals surface area contributed by atoms with Crippen LogP contribution in [0, 0.1) is 5.92 Å². The van der Waals surface area contributed by atoms with E-state index in [4.69, 9.17) is 24.2 Å². The lowest BCUT2D eigenvalue weighted by atomic mass is 9.96. The highest BCUT2D eigenvalue weighted by Gasteiger charge is 2.28. The number of ether oxygens (including phenoxy) is 1. The number of benzene rings is 2. The second kappa shape index (κ2) is 12.0. The fourth-order valence-corrected chi connectivity index (χ4v) is 5.94. The van der Waals surface area contributed by atoms with Crippen LogP contribution in [-0.4, -0.2) is 57.1 Å². The van der Waals surface area contributed by atoms with Gasteiger partial charge in [0.1, 0.15) is 11.6 Å². The first-order valence-electron chi connectivity index (χ1n) is 14.2. The highest BCUT2D eigenvalue weighted by molar-refractivity contribution is 9.10. The molecule has 10 nitrogen and oxygen atoms in total. The number of rotatable bonds is 9. The van der Waals surface area contributed by atoms with E-state index in [1.54, 1.807) is 17.0 Å². The molecule has 4 heterocycles. The van der Waals surface area contributed by atoms with Crippen molar-refractivity contribution >= 4 is 61.3 Å². The van der Waals surface area contributed by atoms with Gasteiger partial charge in [-0.1, -0.05) is 15.9 Å². The maximum atomic E-state index is 13.1. The van der Waals surface area contributed by atoms with Gasteiger partial charge in [0, 0.05) is 52.1 Å². The number of ketones is 1. The average Bonchev–Trinajstić information content (AvgIpc) is 3.68. The van der Waals surface area contributed by atoms with Crippen LogP contribution in [0.1, 0.15) is 43.0 Å². The summed E-state index contributed by atoms with van der Waals surface area (Å²) in [6.07, 6.45) is 4.23. The summed E-state index contributed by atoms with van der Waals surface area (Å²) < 4.78 is 13.5. The Morgan fingerprint density at radius 3 is 2.58 bits per heavy atom. The molecule has 0 atom stereocenters. The zero-order valence-corrected chi connectivity index (χ0v) is 25.0. The molecule has 6 rings (SSSR count). The van der Waals surface area contributed by atoms with Gasteiger partial charge >= 0.3 is 11.9 Å². The molecule has 1 fully saturated rings. The number of halogens is 1.